The van der Waals surface area contributed by atoms with Crippen molar-refractivity contribution >= 4 is 16.6 Å². The first-order chi connectivity index (χ1) is 9.27. The minimum absolute atomic E-state index is 0.0370. The molecule has 4 heteroatoms. The summed E-state index contributed by atoms with van der Waals surface area (Å²) in [5.41, 5.74) is 1.92. The van der Waals surface area contributed by atoms with Crippen LogP contribution < -0.4 is 10.4 Å². The molecule has 2 heterocycles. The highest BCUT2D eigenvalue weighted by Crippen LogP contribution is 2.16. The van der Waals surface area contributed by atoms with Crippen molar-refractivity contribution in [1.29, 1.82) is 0 Å². The van der Waals surface area contributed by atoms with E-state index in [1.165, 1.54) is 0 Å². The zero-order valence-corrected chi connectivity index (χ0v) is 10.5. The van der Waals surface area contributed by atoms with Crippen LogP contribution in [0.4, 0.5) is 5.69 Å². The summed E-state index contributed by atoms with van der Waals surface area (Å²) in [7, 11) is 1.95. The van der Waals surface area contributed by atoms with Crippen LogP contribution in [0.3, 0.4) is 0 Å². The predicted molar refractivity (Wildman–Crippen MR) is 76.2 cm³/mol. The van der Waals surface area contributed by atoms with Crippen molar-refractivity contribution in [3.05, 3.63) is 71.3 Å². The van der Waals surface area contributed by atoms with Gasteiger partial charge in [-0.2, -0.15) is 0 Å². The Labute approximate surface area is 110 Å². The third kappa shape index (κ3) is 1.97. The van der Waals surface area contributed by atoms with Crippen molar-refractivity contribution in [2.24, 2.45) is 0 Å². The van der Waals surface area contributed by atoms with Crippen LogP contribution >= 0.6 is 0 Å². The number of nitrogens with zero attached hydrogens (tertiary/aromatic N) is 3. The Morgan fingerprint density at radius 1 is 1.05 bits per heavy atom. The fourth-order valence-electron chi connectivity index (χ4n) is 2.14. The molecular weight excluding hydrogens is 238 g/mol. The molecule has 1 aromatic carbocycles. The van der Waals surface area contributed by atoms with Crippen molar-refractivity contribution in [3.63, 3.8) is 0 Å². The smallest absolute Gasteiger partial charge is 0.189 e. The number of aromatic nitrogens is 2. The van der Waals surface area contributed by atoms with Crippen LogP contribution in [-0.2, 0) is 0 Å². The van der Waals surface area contributed by atoms with E-state index in [1.807, 2.05) is 53.1 Å². The zero-order valence-electron chi connectivity index (χ0n) is 10.5. The molecule has 19 heavy (non-hydrogen) atoms. The van der Waals surface area contributed by atoms with Crippen LogP contribution in [0.2, 0.25) is 0 Å². The SMILES string of the molecule is CN(c1ccncc1)n1ccc(=O)c2ccccc21. The van der Waals surface area contributed by atoms with Gasteiger partial charge in [0.05, 0.1) is 11.2 Å². The molecule has 0 aliphatic rings. The van der Waals surface area contributed by atoms with Crippen molar-refractivity contribution < 1.29 is 0 Å². The molecule has 3 aromatic rings. The molecule has 0 fully saturated rings. The maximum Gasteiger partial charge on any atom is 0.189 e. The highest BCUT2D eigenvalue weighted by molar-refractivity contribution is 5.79. The monoisotopic (exact) mass is 251 g/mol. The molecule has 0 aliphatic heterocycles. The number of hydrogen-bond donors (Lipinski definition) is 0. The molecule has 0 unspecified atom stereocenters. The summed E-state index contributed by atoms with van der Waals surface area (Å²) < 4.78 is 1.95. The summed E-state index contributed by atoms with van der Waals surface area (Å²) in [6, 6.07) is 13.0. The second kappa shape index (κ2) is 4.57. The molecule has 2 aromatic heterocycles. The fourth-order valence-corrected chi connectivity index (χ4v) is 2.14. The summed E-state index contributed by atoms with van der Waals surface area (Å²) in [5.74, 6) is 0. The summed E-state index contributed by atoms with van der Waals surface area (Å²) in [4.78, 5) is 15.9. The quantitative estimate of drug-likeness (QED) is 0.701. The molecule has 4 nitrogen and oxygen atoms in total. The van der Waals surface area contributed by atoms with Gasteiger partial charge in [0.1, 0.15) is 0 Å². The van der Waals surface area contributed by atoms with Crippen molar-refractivity contribution in [2.45, 2.75) is 0 Å². The van der Waals surface area contributed by atoms with Gasteiger partial charge in [0.2, 0.25) is 0 Å². The van der Waals surface area contributed by atoms with E-state index in [9.17, 15) is 4.79 Å². The molecule has 94 valence electrons. The minimum atomic E-state index is 0.0370. The molecular formula is C15H13N3O. The molecule has 0 atom stereocenters. The molecule has 0 saturated heterocycles. The van der Waals surface area contributed by atoms with Gasteiger partial charge in [-0.25, -0.2) is 0 Å². The Balaban J connectivity index is 2.21. The topological polar surface area (TPSA) is 38.1 Å². The number of pyridine rings is 2. The van der Waals surface area contributed by atoms with Crippen LogP contribution in [0, 0.1) is 0 Å². The second-order valence-electron chi connectivity index (χ2n) is 4.27. The van der Waals surface area contributed by atoms with Gasteiger partial charge in [-0.05, 0) is 24.3 Å². The number of anilines is 1. The highest BCUT2D eigenvalue weighted by atomic mass is 16.1. The summed E-state index contributed by atoms with van der Waals surface area (Å²) in [6.07, 6.45) is 5.28. The average Bonchev–Trinajstić information content (AvgIpc) is 2.48. The van der Waals surface area contributed by atoms with Gasteiger partial charge in [0.15, 0.2) is 5.43 Å². The fraction of sp³-hybridized carbons (Fsp3) is 0.0667. The third-order valence-corrected chi connectivity index (χ3v) is 3.14. The standard InChI is InChI=1S/C15H13N3O/c1-17(12-6-9-16-10-7-12)18-11-8-15(19)13-4-2-3-5-14(13)18/h2-11H,1H3. The normalized spacial score (nSPS) is 10.6. The van der Waals surface area contributed by atoms with E-state index in [2.05, 4.69) is 4.98 Å². The van der Waals surface area contributed by atoms with E-state index in [4.69, 9.17) is 0 Å². The van der Waals surface area contributed by atoms with Crippen molar-refractivity contribution in [1.82, 2.24) is 9.66 Å². The summed E-state index contributed by atoms with van der Waals surface area (Å²) in [6.45, 7) is 0. The van der Waals surface area contributed by atoms with E-state index < -0.39 is 0 Å². The Bertz CT molecular complexity index is 765. The van der Waals surface area contributed by atoms with Gasteiger partial charge in [-0.3, -0.25) is 19.5 Å². The average molecular weight is 251 g/mol. The Kier molecular flexibility index (Phi) is 2.76. The molecule has 3 rings (SSSR count). The molecule has 0 amide bonds. The molecule has 0 bridgehead atoms. The van der Waals surface area contributed by atoms with Crippen LogP contribution in [-0.4, -0.2) is 16.7 Å². The van der Waals surface area contributed by atoms with Crippen LogP contribution in [0.5, 0.6) is 0 Å². The second-order valence-corrected chi connectivity index (χ2v) is 4.27. The lowest BCUT2D eigenvalue weighted by molar-refractivity contribution is 0.797. The van der Waals surface area contributed by atoms with E-state index in [1.54, 1.807) is 24.7 Å². The third-order valence-electron chi connectivity index (χ3n) is 3.14. The van der Waals surface area contributed by atoms with E-state index in [0.29, 0.717) is 5.39 Å². The molecule has 0 spiro atoms. The maximum absolute atomic E-state index is 11.8. The Hall–Kier alpha value is -2.62. The first-order valence-electron chi connectivity index (χ1n) is 6.02. The Morgan fingerprint density at radius 2 is 1.79 bits per heavy atom. The van der Waals surface area contributed by atoms with Crippen molar-refractivity contribution in [3.8, 4) is 0 Å². The van der Waals surface area contributed by atoms with Gasteiger partial charge in [0.25, 0.3) is 0 Å². The zero-order chi connectivity index (χ0) is 13.2. The number of fused-ring (bicyclic) bond motifs is 1. The van der Waals surface area contributed by atoms with Crippen molar-refractivity contribution in [2.75, 3.05) is 12.1 Å². The lowest BCUT2D eigenvalue weighted by Crippen LogP contribution is -2.26. The first kappa shape index (κ1) is 11.5. The molecule has 0 N–H and O–H groups in total. The number of rotatable bonds is 2. The highest BCUT2D eigenvalue weighted by Gasteiger charge is 2.06. The number of para-hydroxylation sites is 1. The van der Waals surface area contributed by atoms with Gasteiger partial charge < -0.3 is 0 Å². The van der Waals surface area contributed by atoms with Crippen LogP contribution in [0.25, 0.3) is 10.9 Å². The number of hydrogen-bond acceptors (Lipinski definition) is 3. The lowest BCUT2D eigenvalue weighted by atomic mass is 10.2. The van der Waals surface area contributed by atoms with Gasteiger partial charge in [0, 0.05) is 37.1 Å². The van der Waals surface area contributed by atoms with E-state index in [-0.39, 0.29) is 5.43 Å². The largest absolute Gasteiger partial charge is 0.289 e. The minimum Gasteiger partial charge on any atom is -0.289 e. The van der Waals surface area contributed by atoms with Gasteiger partial charge >= 0.3 is 0 Å². The van der Waals surface area contributed by atoms with Gasteiger partial charge in [-0.1, -0.05) is 12.1 Å². The van der Waals surface area contributed by atoms with Gasteiger partial charge in [-0.15, -0.1) is 0 Å². The first-order valence-corrected chi connectivity index (χ1v) is 6.02. The molecule has 0 saturated carbocycles. The van der Waals surface area contributed by atoms with Crippen LogP contribution in [0.1, 0.15) is 0 Å². The molecule has 0 aliphatic carbocycles. The van der Waals surface area contributed by atoms with E-state index in [0.717, 1.165) is 11.2 Å². The van der Waals surface area contributed by atoms with Crippen LogP contribution in [0.15, 0.2) is 65.8 Å². The maximum atomic E-state index is 11.8. The Morgan fingerprint density at radius 3 is 2.58 bits per heavy atom. The molecule has 0 radical (unpaired) electrons. The predicted octanol–water partition coefficient (Wildman–Crippen LogP) is 2.30. The summed E-state index contributed by atoms with van der Waals surface area (Å²) >= 11 is 0. The van der Waals surface area contributed by atoms with E-state index >= 15 is 0 Å². The summed E-state index contributed by atoms with van der Waals surface area (Å²) in [5, 5.41) is 2.69. The number of benzene rings is 1. The lowest BCUT2D eigenvalue weighted by Gasteiger charge is -2.24.